The molecule has 0 heterocycles. The summed E-state index contributed by atoms with van der Waals surface area (Å²) in [5, 5.41) is 8.28. The van der Waals surface area contributed by atoms with Gasteiger partial charge in [0, 0.05) is 11.3 Å². The zero-order chi connectivity index (χ0) is 12.0. The van der Waals surface area contributed by atoms with Crippen molar-refractivity contribution in [2.75, 3.05) is 0 Å². The second kappa shape index (κ2) is 6.33. The van der Waals surface area contributed by atoms with E-state index < -0.39 is 5.97 Å². The molecule has 1 rings (SSSR count). The molecular formula is C12H14O3S. The molecule has 0 saturated heterocycles. The summed E-state index contributed by atoms with van der Waals surface area (Å²) >= 11 is 1.46. The summed E-state index contributed by atoms with van der Waals surface area (Å²) in [4.78, 5) is 22.9. The summed E-state index contributed by atoms with van der Waals surface area (Å²) in [6.45, 7) is 1.81. The minimum atomic E-state index is -0.926. The van der Waals surface area contributed by atoms with Crippen LogP contribution in [0.15, 0.2) is 35.2 Å². The van der Waals surface area contributed by atoms with Crippen molar-refractivity contribution in [1.82, 2.24) is 0 Å². The molecule has 1 unspecified atom stereocenters. The van der Waals surface area contributed by atoms with Crippen LogP contribution >= 0.6 is 11.8 Å². The van der Waals surface area contributed by atoms with Gasteiger partial charge in [-0.2, -0.15) is 0 Å². The maximum absolute atomic E-state index is 11.6. The first kappa shape index (κ1) is 12.8. The van der Waals surface area contributed by atoms with E-state index in [2.05, 4.69) is 0 Å². The maximum Gasteiger partial charge on any atom is 0.303 e. The van der Waals surface area contributed by atoms with Crippen molar-refractivity contribution < 1.29 is 14.7 Å². The van der Waals surface area contributed by atoms with Crippen LogP contribution in [0.4, 0.5) is 0 Å². The molecule has 1 aromatic rings. The summed E-state index contributed by atoms with van der Waals surface area (Å²) in [6, 6.07) is 9.62. The summed E-state index contributed by atoms with van der Waals surface area (Å²) < 4.78 is 0. The number of carboxylic acid groups (broad SMARTS) is 1. The van der Waals surface area contributed by atoms with Crippen LogP contribution in [0.5, 0.6) is 0 Å². The molecular weight excluding hydrogens is 224 g/mol. The topological polar surface area (TPSA) is 54.4 Å². The highest BCUT2D eigenvalue weighted by Crippen LogP contribution is 2.24. The average molecular weight is 238 g/mol. The molecule has 0 aliphatic carbocycles. The molecule has 0 bridgehead atoms. The van der Waals surface area contributed by atoms with Crippen molar-refractivity contribution in [3.63, 3.8) is 0 Å². The summed E-state index contributed by atoms with van der Waals surface area (Å²) in [7, 11) is 0. The number of hydrogen-bond donors (Lipinski definition) is 1. The van der Waals surface area contributed by atoms with E-state index in [-0.39, 0.29) is 23.9 Å². The van der Waals surface area contributed by atoms with E-state index in [0.29, 0.717) is 0 Å². The molecule has 0 radical (unpaired) electrons. The van der Waals surface area contributed by atoms with Crippen LogP contribution in [0.2, 0.25) is 0 Å². The fraction of sp³-hybridized carbons (Fsp3) is 0.333. The molecule has 0 amide bonds. The first-order valence-electron chi connectivity index (χ1n) is 5.06. The van der Waals surface area contributed by atoms with Crippen LogP contribution in [0, 0.1) is 0 Å². The van der Waals surface area contributed by atoms with Gasteiger partial charge < -0.3 is 5.11 Å². The molecule has 1 atom stereocenters. The molecule has 4 heteroatoms. The third-order valence-electron chi connectivity index (χ3n) is 2.09. The van der Waals surface area contributed by atoms with Gasteiger partial charge >= 0.3 is 5.97 Å². The quantitative estimate of drug-likeness (QED) is 0.774. The van der Waals surface area contributed by atoms with Gasteiger partial charge in [0.15, 0.2) is 0 Å². The predicted molar refractivity (Wildman–Crippen MR) is 63.6 cm³/mol. The highest BCUT2D eigenvalue weighted by molar-refractivity contribution is 8.00. The first-order valence-corrected chi connectivity index (χ1v) is 5.94. The summed E-state index contributed by atoms with van der Waals surface area (Å²) in [5.74, 6) is -0.943. The monoisotopic (exact) mass is 238 g/mol. The number of ketones is 1. The second-order valence-corrected chi connectivity index (χ2v) is 4.85. The molecule has 0 spiro atoms. The molecule has 0 saturated carbocycles. The molecule has 0 aromatic heterocycles. The highest BCUT2D eigenvalue weighted by Gasteiger charge is 2.15. The Kier molecular flexibility index (Phi) is 5.05. The number of carbonyl (C=O) groups excluding carboxylic acids is 1. The van der Waals surface area contributed by atoms with Gasteiger partial charge in [-0.15, -0.1) is 11.8 Å². The standard InChI is InChI=1S/C12H14O3S/c1-9(11(13)7-8-12(14)15)16-10-5-3-2-4-6-10/h2-6,9H,7-8H2,1H3,(H,14,15). The van der Waals surface area contributed by atoms with E-state index in [1.54, 1.807) is 0 Å². The Hall–Kier alpha value is -1.29. The minimum Gasteiger partial charge on any atom is -0.481 e. The Morgan fingerprint density at radius 3 is 2.44 bits per heavy atom. The lowest BCUT2D eigenvalue weighted by Gasteiger charge is -2.09. The van der Waals surface area contributed by atoms with Crippen molar-refractivity contribution in [2.24, 2.45) is 0 Å². The Morgan fingerprint density at radius 2 is 1.88 bits per heavy atom. The van der Waals surface area contributed by atoms with Gasteiger partial charge in [-0.1, -0.05) is 18.2 Å². The van der Waals surface area contributed by atoms with Crippen molar-refractivity contribution in [1.29, 1.82) is 0 Å². The minimum absolute atomic E-state index is 0.0174. The van der Waals surface area contributed by atoms with Gasteiger partial charge in [-0.05, 0) is 19.1 Å². The zero-order valence-corrected chi connectivity index (χ0v) is 9.87. The van der Waals surface area contributed by atoms with Crippen LogP contribution in [-0.4, -0.2) is 22.1 Å². The predicted octanol–water partition coefficient (Wildman–Crippen LogP) is 2.60. The van der Waals surface area contributed by atoms with E-state index in [1.165, 1.54) is 11.8 Å². The molecule has 1 aromatic carbocycles. The lowest BCUT2D eigenvalue weighted by Crippen LogP contribution is -2.14. The van der Waals surface area contributed by atoms with Gasteiger partial charge in [-0.3, -0.25) is 9.59 Å². The lowest BCUT2D eigenvalue weighted by atomic mass is 10.2. The Bertz CT molecular complexity index is 362. The number of thioether (sulfide) groups is 1. The van der Waals surface area contributed by atoms with Gasteiger partial charge in [0.25, 0.3) is 0 Å². The number of aliphatic carboxylic acids is 1. The first-order chi connectivity index (χ1) is 7.59. The average Bonchev–Trinajstić information content (AvgIpc) is 2.27. The van der Waals surface area contributed by atoms with Crippen molar-refractivity contribution in [3.8, 4) is 0 Å². The largest absolute Gasteiger partial charge is 0.481 e. The van der Waals surface area contributed by atoms with Gasteiger partial charge in [0.2, 0.25) is 0 Å². The summed E-state index contributed by atoms with van der Waals surface area (Å²) in [5.41, 5.74) is 0. The molecule has 0 fully saturated rings. The van der Waals surface area contributed by atoms with Crippen molar-refractivity contribution in [2.45, 2.75) is 29.9 Å². The molecule has 0 aliphatic heterocycles. The SMILES string of the molecule is CC(Sc1ccccc1)C(=O)CCC(=O)O. The van der Waals surface area contributed by atoms with Gasteiger partial charge in [0.1, 0.15) is 5.78 Å². The van der Waals surface area contributed by atoms with Crippen molar-refractivity contribution >= 4 is 23.5 Å². The highest BCUT2D eigenvalue weighted by atomic mass is 32.2. The Balaban J connectivity index is 2.43. The number of hydrogen-bond acceptors (Lipinski definition) is 3. The van der Waals surface area contributed by atoms with E-state index in [0.717, 1.165) is 4.90 Å². The number of benzene rings is 1. The van der Waals surface area contributed by atoms with Crippen LogP contribution in [0.1, 0.15) is 19.8 Å². The second-order valence-electron chi connectivity index (χ2n) is 3.43. The van der Waals surface area contributed by atoms with E-state index in [4.69, 9.17) is 5.11 Å². The number of Topliss-reactive ketones (excluding diaryl/α,β-unsaturated/α-hetero) is 1. The smallest absolute Gasteiger partial charge is 0.303 e. The number of rotatable bonds is 6. The Labute approximate surface area is 98.9 Å². The van der Waals surface area contributed by atoms with Crippen LogP contribution in [0.25, 0.3) is 0 Å². The fourth-order valence-corrected chi connectivity index (χ4v) is 2.17. The lowest BCUT2D eigenvalue weighted by molar-refractivity contribution is -0.138. The molecule has 86 valence electrons. The third kappa shape index (κ3) is 4.49. The molecule has 16 heavy (non-hydrogen) atoms. The fourth-order valence-electron chi connectivity index (χ4n) is 1.20. The molecule has 3 nitrogen and oxygen atoms in total. The number of carboxylic acids is 1. The summed E-state index contributed by atoms with van der Waals surface area (Å²) in [6.07, 6.45) is 0.0227. The van der Waals surface area contributed by atoms with E-state index in [9.17, 15) is 9.59 Å². The third-order valence-corrected chi connectivity index (χ3v) is 3.26. The van der Waals surface area contributed by atoms with Crippen LogP contribution in [0.3, 0.4) is 0 Å². The van der Waals surface area contributed by atoms with E-state index >= 15 is 0 Å². The van der Waals surface area contributed by atoms with E-state index in [1.807, 2.05) is 37.3 Å². The van der Waals surface area contributed by atoms with Gasteiger partial charge in [0.05, 0.1) is 11.7 Å². The van der Waals surface area contributed by atoms with Gasteiger partial charge in [-0.25, -0.2) is 0 Å². The Morgan fingerprint density at radius 1 is 1.25 bits per heavy atom. The van der Waals surface area contributed by atoms with Crippen LogP contribution < -0.4 is 0 Å². The molecule has 1 N–H and O–H groups in total. The number of carbonyl (C=O) groups is 2. The van der Waals surface area contributed by atoms with Crippen LogP contribution in [-0.2, 0) is 9.59 Å². The zero-order valence-electron chi connectivity index (χ0n) is 9.05. The van der Waals surface area contributed by atoms with Crippen molar-refractivity contribution in [3.05, 3.63) is 30.3 Å². The normalized spacial score (nSPS) is 12.1. The molecule has 0 aliphatic rings. The maximum atomic E-state index is 11.6.